The van der Waals surface area contributed by atoms with E-state index in [-0.39, 0.29) is 0 Å². The van der Waals surface area contributed by atoms with Gasteiger partial charge in [0.25, 0.3) is 0 Å². The Bertz CT molecular complexity index is 402. The molecule has 0 amide bonds. The van der Waals surface area contributed by atoms with E-state index in [1.165, 1.54) is 5.57 Å². The molecule has 0 unspecified atom stereocenters. The van der Waals surface area contributed by atoms with Crippen molar-refractivity contribution >= 4 is 11.3 Å². The number of nitrogens with two attached hydrogens (primary N) is 1. The van der Waals surface area contributed by atoms with Crippen molar-refractivity contribution in [1.29, 1.82) is 0 Å². The number of aromatic nitrogens is 1. The highest BCUT2D eigenvalue weighted by Gasteiger charge is 2.14. The van der Waals surface area contributed by atoms with Gasteiger partial charge in [0.15, 0.2) is 5.75 Å². The summed E-state index contributed by atoms with van der Waals surface area (Å²) in [6.45, 7) is 3.94. The highest BCUT2D eigenvalue weighted by atomic mass is 16.5. The Morgan fingerprint density at radius 1 is 1.50 bits per heavy atom. The smallest absolute Gasteiger partial charge is 0.152 e. The fourth-order valence-electron chi connectivity index (χ4n) is 1.77. The van der Waals surface area contributed by atoms with E-state index in [9.17, 15) is 0 Å². The van der Waals surface area contributed by atoms with Crippen LogP contribution in [0, 0.1) is 0 Å². The van der Waals surface area contributed by atoms with Crippen LogP contribution in [0.3, 0.4) is 0 Å². The van der Waals surface area contributed by atoms with Crippen molar-refractivity contribution in [1.82, 2.24) is 4.98 Å². The summed E-state index contributed by atoms with van der Waals surface area (Å²) >= 11 is 0. The van der Waals surface area contributed by atoms with E-state index in [0.29, 0.717) is 18.9 Å². The molecular formula is C12H16N2O2. The molecule has 4 nitrogen and oxygen atoms in total. The predicted molar refractivity (Wildman–Crippen MR) is 63.2 cm³/mol. The van der Waals surface area contributed by atoms with Gasteiger partial charge in [0, 0.05) is 11.8 Å². The van der Waals surface area contributed by atoms with Crippen molar-refractivity contribution in [3.05, 3.63) is 24.0 Å². The van der Waals surface area contributed by atoms with E-state index in [1.54, 1.807) is 12.4 Å². The number of nitrogen functional groups attached to an aromatic ring is 1. The summed E-state index contributed by atoms with van der Waals surface area (Å²) in [5.41, 5.74) is 8.65. The Balaban J connectivity index is 2.38. The Hall–Kier alpha value is -1.55. The van der Waals surface area contributed by atoms with Crippen molar-refractivity contribution in [3.63, 3.8) is 0 Å². The van der Waals surface area contributed by atoms with Crippen molar-refractivity contribution < 1.29 is 9.47 Å². The summed E-state index contributed by atoms with van der Waals surface area (Å²) in [7, 11) is 0. The quantitative estimate of drug-likeness (QED) is 0.844. The average molecular weight is 220 g/mol. The number of hydrogen-bond acceptors (Lipinski definition) is 4. The highest BCUT2D eigenvalue weighted by Crippen LogP contribution is 2.33. The maximum absolute atomic E-state index is 5.87. The molecule has 0 atom stereocenters. The first-order valence-corrected chi connectivity index (χ1v) is 5.46. The van der Waals surface area contributed by atoms with Gasteiger partial charge in [0.05, 0.1) is 31.7 Å². The van der Waals surface area contributed by atoms with Crippen LogP contribution in [-0.2, 0) is 4.74 Å². The predicted octanol–water partition coefficient (Wildman–Crippen LogP) is 1.87. The van der Waals surface area contributed by atoms with Gasteiger partial charge in [-0.1, -0.05) is 6.08 Å². The standard InChI is InChI=1S/C12H16N2O2/c1-2-16-12-10(7-14-8-11(12)13)9-3-5-15-6-4-9/h3,7-8H,2,4-6,13H2,1H3. The lowest BCUT2D eigenvalue weighted by Gasteiger charge is -2.17. The van der Waals surface area contributed by atoms with Crippen LogP contribution in [0.25, 0.3) is 5.57 Å². The van der Waals surface area contributed by atoms with Gasteiger partial charge in [-0.3, -0.25) is 4.98 Å². The van der Waals surface area contributed by atoms with Gasteiger partial charge in [-0.15, -0.1) is 0 Å². The molecule has 16 heavy (non-hydrogen) atoms. The van der Waals surface area contributed by atoms with E-state index in [0.717, 1.165) is 24.3 Å². The van der Waals surface area contributed by atoms with E-state index in [1.807, 2.05) is 6.92 Å². The molecule has 1 aliphatic rings. The van der Waals surface area contributed by atoms with E-state index in [4.69, 9.17) is 15.2 Å². The molecule has 1 aliphatic heterocycles. The fraction of sp³-hybridized carbons (Fsp3) is 0.417. The largest absolute Gasteiger partial charge is 0.491 e. The Morgan fingerprint density at radius 3 is 3.06 bits per heavy atom. The monoisotopic (exact) mass is 220 g/mol. The summed E-state index contributed by atoms with van der Waals surface area (Å²) in [6.07, 6.45) is 6.36. The van der Waals surface area contributed by atoms with Gasteiger partial charge in [0.1, 0.15) is 0 Å². The molecule has 4 heteroatoms. The fourth-order valence-corrected chi connectivity index (χ4v) is 1.77. The van der Waals surface area contributed by atoms with Crippen LogP contribution in [0.2, 0.25) is 0 Å². The van der Waals surface area contributed by atoms with Crippen LogP contribution < -0.4 is 10.5 Å². The molecule has 0 aromatic carbocycles. The summed E-state index contributed by atoms with van der Waals surface area (Å²) in [5, 5.41) is 0. The lowest BCUT2D eigenvalue weighted by atomic mass is 10.0. The third-order valence-electron chi connectivity index (χ3n) is 2.52. The van der Waals surface area contributed by atoms with Crippen LogP contribution in [0.5, 0.6) is 5.75 Å². The van der Waals surface area contributed by atoms with Gasteiger partial charge >= 0.3 is 0 Å². The normalized spacial score (nSPS) is 15.7. The van der Waals surface area contributed by atoms with Crippen LogP contribution in [0.1, 0.15) is 18.9 Å². The first-order chi connectivity index (χ1) is 7.83. The molecular weight excluding hydrogens is 204 g/mol. The van der Waals surface area contributed by atoms with Gasteiger partial charge in [-0.2, -0.15) is 0 Å². The topological polar surface area (TPSA) is 57.4 Å². The number of hydrogen-bond donors (Lipinski definition) is 1. The second-order valence-corrected chi connectivity index (χ2v) is 3.59. The molecule has 86 valence electrons. The van der Waals surface area contributed by atoms with Crippen molar-refractivity contribution in [2.24, 2.45) is 0 Å². The SMILES string of the molecule is CCOc1c(N)cncc1C1=CCOCC1. The minimum absolute atomic E-state index is 0.590. The van der Waals surface area contributed by atoms with Gasteiger partial charge < -0.3 is 15.2 Å². The van der Waals surface area contributed by atoms with Gasteiger partial charge in [-0.05, 0) is 18.9 Å². The molecule has 0 fully saturated rings. The third-order valence-corrected chi connectivity index (χ3v) is 2.52. The van der Waals surface area contributed by atoms with Gasteiger partial charge in [0.2, 0.25) is 0 Å². The highest BCUT2D eigenvalue weighted by molar-refractivity contribution is 5.75. The Morgan fingerprint density at radius 2 is 2.38 bits per heavy atom. The van der Waals surface area contributed by atoms with Crippen LogP contribution in [0.4, 0.5) is 5.69 Å². The first kappa shape index (κ1) is 11.0. The Kier molecular flexibility index (Phi) is 3.41. The third kappa shape index (κ3) is 2.17. The van der Waals surface area contributed by atoms with Crippen molar-refractivity contribution in [2.75, 3.05) is 25.6 Å². The molecule has 0 spiro atoms. The van der Waals surface area contributed by atoms with Crippen molar-refractivity contribution in [2.45, 2.75) is 13.3 Å². The van der Waals surface area contributed by atoms with Gasteiger partial charge in [-0.25, -0.2) is 0 Å². The number of pyridine rings is 1. The molecule has 0 saturated carbocycles. The molecule has 0 aliphatic carbocycles. The minimum atomic E-state index is 0.590. The molecule has 1 aromatic heterocycles. The van der Waals surface area contributed by atoms with E-state index < -0.39 is 0 Å². The van der Waals surface area contributed by atoms with E-state index in [2.05, 4.69) is 11.1 Å². The van der Waals surface area contributed by atoms with Crippen LogP contribution >= 0.6 is 0 Å². The second kappa shape index (κ2) is 4.99. The average Bonchev–Trinajstić information content (AvgIpc) is 2.33. The zero-order valence-electron chi connectivity index (χ0n) is 9.40. The molecule has 0 radical (unpaired) electrons. The number of anilines is 1. The molecule has 0 bridgehead atoms. The lowest BCUT2D eigenvalue weighted by molar-refractivity contribution is 0.161. The number of rotatable bonds is 3. The zero-order chi connectivity index (χ0) is 11.4. The minimum Gasteiger partial charge on any atom is -0.491 e. The Labute approximate surface area is 95.1 Å². The maximum atomic E-state index is 5.87. The first-order valence-electron chi connectivity index (χ1n) is 5.46. The van der Waals surface area contributed by atoms with E-state index >= 15 is 0 Å². The number of ether oxygens (including phenoxy) is 2. The summed E-state index contributed by atoms with van der Waals surface area (Å²) < 4.78 is 10.9. The maximum Gasteiger partial charge on any atom is 0.152 e. The van der Waals surface area contributed by atoms with Crippen LogP contribution in [0.15, 0.2) is 18.5 Å². The molecule has 1 aromatic rings. The lowest BCUT2D eigenvalue weighted by Crippen LogP contribution is -2.07. The molecule has 0 saturated heterocycles. The summed E-state index contributed by atoms with van der Waals surface area (Å²) in [5.74, 6) is 0.741. The molecule has 2 heterocycles. The van der Waals surface area contributed by atoms with Crippen molar-refractivity contribution in [3.8, 4) is 5.75 Å². The summed E-state index contributed by atoms with van der Waals surface area (Å²) in [6, 6.07) is 0. The molecule has 2 N–H and O–H groups in total. The second-order valence-electron chi connectivity index (χ2n) is 3.59. The summed E-state index contributed by atoms with van der Waals surface area (Å²) in [4.78, 5) is 4.12. The molecule has 2 rings (SSSR count). The zero-order valence-corrected chi connectivity index (χ0v) is 9.40. The van der Waals surface area contributed by atoms with Crippen LogP contribution in [-0.4, -0.2) is 24.8 Å². The number of nitrogens with zero attached hydrogens (tertiary/aromatic N) is 1.